The zero-order chi connectivity index (χ0) is 34.5. The molecule has 1 heterocycles. The minimum absolute atomic E-state index is 0.129. The molecule has 0 aromatic heterocycles. The van der Waals surface area contributed by atoms with Crippen LogP contribution in [0.3, 0.4) is 0 Å². The van der Waals surface area contributed by atoms with E-state index in [0.29, 0.717) is 24.5 Å². The Hall–Kier alpha value is -1.43. The van der Waals surface area contributed by atoms with E-state index in [0.717, 1.165) is 44.9 Å². The number of aliphatic hydroxyl groups excluding tert-OH is 2. The molecular weight excluding hydrogens is 604 g/mol. The third kappa shape index (κ3) is 4.96. The zero-order valence-electron chi connectivity index (χ0n) is 29.6. The first-order chi connectivity index (χ1) is 21.8. The number of ketones is 1. The highest BCUT2D eigenvalue weighted by Crippen LogP contribution is 2.89. The number of carbonyl (C=O) groups is 3. The van der Waals surface area contributed by atoms with Crippen LogP contribution in [0, 0.1) is 50.7 Å². The van der Waals surface area contributed by atoms with E-state index in [2.05, 4.69) is 34.6 Å². The largest absolute Gasteiger partial charge is 0.457 e. The average molecular weight is 663 g/mol. The van der Waals surface area contributed by atoms with Gasteiger partial charge in [0, 0.05) is 12.3 Å². The number of aldehydes is 1. The number of aliphatic hydroxyl groups is 3. The molecule has 5 aliphatic carbocycles. The van der Waals surface area contributed by atoms with E-state index >= 15 is 0 Å². The Bertz CT molecular complexity index is 1260. The minimum Gasteiger partial charge on any atom is -0.457 e. The number of Topliss-reactive ketones (excluding diaryl/α,β-unsaturated/α-hetero) is 1. The van der Waals surface area contributed by atoms with Gasteiger partial charge in [-0.2, -0.15) is 0 Å². The van der Waals surface area contributed by atoms with Crippen molar-refractivity contribution in [2.75, 3.05) is 13.2 Å². The third-order valence-corrected chi connectivity index (χ3v) is 15.1. The second kappa shape index (κ2) is 11.6. The van der Waals surface area contributed by atoms with Crippen LogP contribution in [-0.4, -0.2) is 89.0 Å². The van der Waals surface area contributed by atoms with E-state index in [9.17, 15) is 24.6 Å². The summed E-state index contributed by atoms with van der Waals surface area (Å²) >= 11 is 0. The summed E-state index contributed by atoms with van der Waals surface area (Å²) in [5.41, 5.74) is -1.73. The Balaban J connectivity index is 1.25. The van der Waals surface area contributed by atoms with Gasteiger partial charge in [0.1, 0.15) is 13.2 Å². The summed E-state index contributed by atoms with van der Waals surface area (Å²) in [7, 11) is 0. The lowest BCUT2D eigenvalue weighted by molar-refractivity contribution is -0.225. The summed E-state index contributed by atoms with van der Waals surface area (Å²) in [6.07, 6.45) is 4.54. The first kappa shape index (κ1) is 35.4. The number of fused-ring (bicyclic) bond motifs is 4. The van der Waals surface area contributed by atoms with Gasteiger partial charge in [0.2, 0.25) is 6.29 Å². The lowest BCUT2D eigenvalue weighted by Crippen LogP contribution is -2.60. The maximum atomic E-state index is 12.5. The van der Waals surface area contributed by atoms with Gasteiger partial charge in [0.05, 0.1) is 30.0 Å². The molecule has 1 aliphatic heterocycles. The van der Waals surface area contributed by atoms with E-state index in [4.69, 9.17) is 24.1 Å². The molecule has 6 aliphatic rings. The molecule has 6 rings (SSSR count). The molecule has 0 radical (unpaired) electrons. The van der Waals surface area contributed by atoms with Gasteiger partial charge in [-0.3, -0.25) is 14.4 Å². The van der Waals surface area contributed by atoms with Crippen molar-refractivity contribution in [2.24, 2.45) is 50.7 Å². The van der Waals surface area contributed by atoms with Crippen LogP contribution in [0.2, 0.25) is 0 Å². The van der Waals surface area contributed by atoms with Gasteiger partial charge in [0.25, 0.3) is 0 Å². The van der Waals surface area contributed by atoms with Crippen LogP contribution in [0.4, 0.5) is 0 Å². The molecule has 266 valence electrons. The second-order valence-electron chi connectivity index (χ2n) is 17.9. The van der Waals surface area contributed by atoms with Crippen LogP contribution in [0.1, 0.15) is 107 Å². The molecule has 0 amide bonds. The molecule has 0 aromatic rings. The molecule has 0 aromatic carbocycles. The van der Waals surface area contributed by atoms with Gasteiger partial charge < -0.3 is 34.3 Å². The smallest absolute Gasteiger partial charge is 0.303 e. The van der Waals surface area contributed by atoms with E-state index in [1.807, 2.05) is 0 Å². The number of hydrogen-bond donors (Lipinski definition) is 3. The van der Waals surface area contributed by atoms with Crippen molar-refractivity contribution in [2.45, 2.75) is 149 Å². The fraction of sp³-hybridized carbons (Fsp3) is 0.919. The Kier molecular flexibility index (Phi) is 8.70. The Morgan fingerprint density at radius 2 is 1.70 bits per heavy atom. The van der Waals surface area contributed by atoms with Crippen molar-refractivity contribution >= 4 is 18.0 Å². The maximum Gasteiger partial charge on any atom is 0.303 e. The molecule has 0 unspecified atom stereocenters. The molecular formula is C37H58O10. The second-order valence-corrected chi connectivity index (χ2v) is 17.9. The van der Waals surface area contributed by atoms with Gasteiger partial charge in [-0.1, -0.05) is 34.6 Å². The van der Waals surface area contributed by atoms with E-state index in [1.165, 1.54) is 6.92 Å². The van der Waals surface area contributed by atoms with Crippen molar-refractivity contribution < 1.29 is 48.7 Å². The van der Waals surface area contributed by atoms with Crippen molar-refractivity contribution in [1.29, 1.82) is 0 Å². The highest BCUT2D eigenvalue weighted by atomic mass is 16.7. The quantitative estimate of drug-likeness (QED) is 0.178. The SMILES string of the molecule is CC(=O)O[C@@H]([C@H]1C[C@@H](C)[C@H]2[C@H](O1)[C@H](O)[C@@]1(C)[C@@H]3CC[C@H]4C(C)(C)[C@@H](O[C@@H](C=O)OCC(=O)CO)CC[C@@]45C[C@@]35CC[C@]21C)C(C)(C)O. The third-order valence-electron chi connectivity index (χ3n) is 15.1. The Morgan fingerprint density at radius 3 is 2.32 bits per heavy atom. The van der Waals surface area contributed by atoms with E-state index in [-0.39, 0.29) is 51.6 Å². The summed E-state index contributed by atoms with van der Waals surface area (Å²) in [5.74, 6) is 0.141. The van der Waals surface area contributed by atoms with Gasteiger partial charge >= 0.3 is 5.97 Å². The zero-order valence-corrected chi connectivity index (χ0v) is 29.6. The van der Waals surface area contributed by atoms with Crippen molar-refractivity contribution in [3.05, 3.63) is 0 Å². The molecule has 2 spiro atoms. The lowest BCUT2D eigenvalue weighted by atomic mass is 9.41. The predicted molar refractivity (Wildman–Crippen MR) is 171 cm³/mol. The Labute approximate surface area is 279 Å². The molecule has 1 saturated heterocycles. The van der Waals surface area contributed by atoms with Crippen LogP contribution in [0.15, 0.2) is 0 Å². The number of esters is 1. The fourth-order valence-corrected chi connectivity index (χ4v) is 13.1. The standard InChI is InChI=1S/C37H58O10/c1-20-15-23(31(33(5,6)43)45-21(2)40)46-29-28(20)34(7)13-14-37-19-36(37)12-11-26(47-27(17-39)44-18-22(41)16-38)32(3,4)24(36)9-10-25(37)35(34,8)30(29)42/h17,20,23-31,38,42-43H,9-16,18-19H2,1-8H3/t20-,23-,24+,25+,26+,27+,28+,29+,30+,31+,34-,35-,36-,37+/m1/s1. The number of hydrogen-bond acceptors (Lipinski definition) is 10. The molecule has 10 nitrogen and oxygen atoms in total. The molecule has 10 heteroatoms. The molecule has 0 bridgehead atoms. The van der Waals surface area contributed by atoms with E-state index < -0.39 is 54.7 Å². The van der Waals surface area contributed by atoms with Gasteiger partial charge in [-0.15, -0.1) is 0 Å². The Morgan fingerprint density at radius 1 is 1.04 bits per heavy atom. The lowest BCUT2D eigenvalue weighted by Gasteiger charge is -2.63. The monoisotopic (exact) mass is 662 g/mol. The topological polar surface area (TPSA) is 149 Å². The average Bonchev–Trinajstić information content (AvgIpc) is 3.62. The molecule has 14 atom stereocenters. The minimum atomic E-state index is -1.29. The number of carbonyl (C=O) groups excluding carboxylic acids is 3. The molecule has 3 N–H and O–H groups in total. The fourth-order valence-electron chi connectivity index (χ4n) is 13.1. The summed E-state index contributed by atoms with van der Waals surface area (Å²) in [5, 5.41) is 32.5. The first-order valence-electron chi connectivity index (χ1n) is 17.9. The van der Waals surface area contributed by atoms with Crippen molar-refractivity contribution in [3.8, 4) is 0 Å². The van der Waals surface area contributed by atoms with Crippen LogP contribution in [0.25, 0.3) is 0 Å². The van der Waals surface area contributed by atoms with Crippen LogP contribution >= 0.6 is 0 Å². The number of rotatable bonds is 10. The molecule has 6 fully saturated rings. The van der Waals surface area contributed by atoms with Gasteiger partial charge in [-0.25, -0.2) is 0 Å². The van der Waals surface area contributed by atoms with Crippen LogP contribution in [-0.2, 0) is 33.3 Å². The highest BCUT2D eigenvalue weighted by molar-refractivity contribution is 5.80. The first-order valence-corrected chi connectivity index (χ1v) is 17.9. The normalized spacial score (nSPS) is 47.6. The maximum absolute atomic E-state index is 12.5. The summed E-state index contributed by atoms with van der Waals surface area (Å²) in [4.78, 5) is 35.5. The predicted octanol–water partition coefficient (Wildman–Crippen LogP) is 3.99. The summed E-state index contributed by atoms with van der Waals surface area (Å²) in [6, 6.07) is 0. The summed E-state index contributed by atoms with van der Waals surface area (Å²) in [6.45, 7) is 15.1. The highest BCUT2D eigenvalue weighted by Gasteiger charge is 2.84. The van der Waals surface area contributed by atoms with Gasteiger partial charge in [0.15, 0.2) is 18.2 Å². The van der Waals surface area contributed by atoms with Crippen LogP contribution in [0.5, 0.6) is 0 Å². The molecule has 47 heavy (non-hydrogen) atoms. The number of ether oxygens (including phenoxy) is 4. The van der Waals surface area contributed by atoms with Gasteiger partial charge in [-0.05, 0) is 111 Å². The van der Waals surface area contributed by atoms with Crippen molar-refractivity contribution in [1.82, 2.24) is 0 Å². The van der Waals surface area contributed by atoms with Crippen molar-refractivity contribution in [3.63, 3.8) is 0 Å². The molecule has 5 saturated carbocycles. The summed E-state index contributed by atoms with van der Waals surface area (Å²) < 4.78 is 24.1. The van der Waals surface area contributed by atoms with E-state index in [1.54, 1.807) is 13.8 Å². The van der Waals surface area contributed by atoms with Crippen LogP contribution < -0.4 is 0 Å².